The van der Waals surface area contributed by atoms with Crippen LogP contribution in [0, 0.1) is 0 Å². The highest BCUT2D eigenvalue weighted by Gasteiger charge is 2.51. The number of carbonyl (C=O) groups is 1. The molecule has 2 aromatic rings. The minimum Gasteiger partial charge on any atom is -0.373 e. The van der Waals surface area contributed by atoms with Crippen LogP contribution in [0.3, 0.4) is 0 Å². The quantitative estimate of drug-likeness (QED) is 0.844. The number of amides is 1. The molecule has 6 nitrogen and oxygen atoms in total. The lowest BCUT2D eigenvalue weighted by atomic mass is 9.92. The Hall–Kier alpha value is -1.99. The van der Waals surface area contributed by atoms with E-state index in [0.29, 0.717) is 12.3 Å². The Morgan fingerprint density at radius 3 is 2.83 bits per heavy atom. The molecule has 0 unspecified atom stereocenters. The van der Waals surface area contributed by atoms with Crippen molar-refractivity contribution in [1.82, 2.24) is 19.9 Å². The molecule has 4 rings (SSSR count). The molecule has 0 radical (unpaired) electrons. The summed E-state index contributed by atoms with van der Waals surface area (Å²) in [5.74, 6) is 0.952. The molecular formula is C17H18N4O2S. The van der Waals surface area contributed by atoms with Crippen LogP contribution in [0.5, 0.6) is 0 Å². The normalized spacial score (nSPS) is 21.7. The monoisotopic (exact) mass is 342 g/mol. The van der Waals surface area contributed by atoms with Gasteiger partial charge in [-0.1, -0.05) is 0 Å². The van der Waals surface area contributed by atoms with Crippen molar-refractivity contribution < 1.29 is 9.53 Å². The van der Waals surface area contributed by atoms with Gasteiger partial charge >= 0.3 is 0 Å². The van der Waals surface area contributed by atoms with Gasteiger partial charge in [-0.05, 0) is 24.1 Å². The Kier molecular flexibility index (Phi) is 4.20. The molecule has 1 atom stereocenters. The van der Waals surface area contributed by atoms with E-state index in [1.807, 2.05) is 28.8 Å². The largest absolute Gasteiger partial charge is 0.373 e. The molecule has 2 aliphatic heterocycles. The molecule has 2 fully saturated rings. The third-order valence-electron chi connectivity index (χ3n) is 4.44. The van der Waals surface area contributed by atoms with Gasteiger partial charge in [0.2, 0.25) is 0 Å². The van der Waals surface area contributed by atoms with Gasteiger partial charge in [0, 0.05) is 43.6 Å². The lowest BCUT2D eigenvalue weighted by molar-refractivity contribution is 0.0253. The summed E-state index contributed by atoms with van der Waals surface area (Å²) in [5, 5.41) is 0. The van der Waals surface area contributed by atoms with Crippen molar-refractivity contribution in [2.75, 3.05) is 18.8 Å². The van der Waals surface area contributed by atoms with E-state index in [2.05, 4.69) is 15.0 Å². The Labute approximate surface area is 144 Å². The summed E-state index contributed by atoms with van der Waals surface area (Å²) < 4.78 is 6.18. The number of hydrogen-bond acceptors (Lipinski definition) is 6. The summed E-state index contributed by atoms with van der Waals surface area (Å²) >= 11 is 1.92. The molecule has 0 aromatic carbocycles. The molecule has 7 heteroatoms. The molecule has 1 amide bonds. The van der Waals surface area contributed by atoms with Crippen LogP contribution in [0.4, 0.5) is 0 Å². The number of aromatic nitrogens is 3. The Bertz CT molecular complexity index is 707. The second-order valence-electron chi connectivity index (χ2n) is 6.24. The minimum absolute atomic E-state index is 0.0320. The topological polar surface area (TPSA) is 68.2 Å². The molecule has 2 aliphatic rings. The second-order valence-corrected chi connectivity index (χ2v) is 7.73. The van der Waals surface area contributed by atoms with Crippen LogP contribution >= 0.6 is 11.8 Å². The predicted molar refractivity (Wildman–Crippen MR) is 90.6 cm³/mol. The van der Waals surface area contributed by atoms with Gasteiger partial charge < -0.3 is 9.64 Å². The molecule has 0 aliphatic carbocycles. The zero-order valence-corrected chi connectivity index (χ0v) is 14.0. The van der Waals surface area contributed by atoms with Crippen molar-refractivity contribution in [1.29, 1.82) is 0 Å². The van der Waals surface area contributed by atoms with E-state index in [1.54, 1.807) is 24.8 Å². The van der Waals surface area contributed by atoms with Crippen LogP contribution in [-0.4, -0.2) is 55.5 Å². The minimum atomic E-state index is -0.0320. The zero-order chi connectivity index (χ0) is 16.4. The molecule has 0 N–H and O–H groups in total. The van der Waals surface area contributed by atoms with Crippen molar-refractivity contribution in [3.63, 3.8) is 0 Å². The SMILES string of the molecule is O=C(c1cnccn1)N1CC2(C[C@H](OCc3ccncc3)CS2)C1. The molecular weight excluding hydrogens is 324 g/mol. The first kappa shape index (κ1) is 15.5. The van der Waals surface area contributed by atoms with Crippen LogP contribution in [-0.2, 0) is 11.3 Å². The Morgan fingerprint density at radius 2 is 2.08 bits per heavy atom. The summed E-state index contributed by atoms with van der Waals surface area (Å²) in [6.07, 6.45) is 9.46. The van der Waals surface area contributed by atoms with Crippen LogP contribution in [0.15, 0.2) is 43.1 Å². The summed E-state index contributed by atoms with van der Waals surface area (Å²) in [4.78, 5) is 26.2. The Balaban J connectivity index is 1.28. The number of ether oxygens (including phenoxy) is 1. The van der Waals surface area contributed by atoms with Crippen molar-refractivity contribution >= 4 is 17.7 Å². The lowest BCUT2D eigenvalue weighted by Gasteiger charge is -2.47. The van der Waals surface area contributed by atoms with Crippen molar-refractivity contribution in [3.05, 3.63) is 54.4 Å². The fourth-order valence-electron chi connectivity index (χ4n) is 3.19. The van der Waals surface area contributed by atoms with Crippen LogP contribution < -0.4 is 0 Å². The van der Waals surface area contributed by atoms with Crippen LogP contribution in [0.1, 0.15) is 22.5 Å². The summed E-state index contributed by atoms with van der Waals surface area (Å²) in [5.41, 5.74) is 1.56. The predicted octanol–water partition coefficient (Wildman–Crippen LogP) is 1.79. The van der Waals surface area contributed by atoms with Gasteiger partial charge in [-0.25, -0.2) is 4.98 Å². The molecule has 1 spiro atoms. The van der Waals surface area contributed by atoms with Gasteiger partial charge in [-0.3, -0.25) is 14.8 Å². The smallest absolute Gasteiger partial charge is 0.274 e. The van der Waals surface area contributed by atoms with E-state index in [9.17, 15) is 4.79 Å². The van der Waals surface area contributed by atoms with E-state index < -0.39 is 0 Å². The van der Waals surface area contributed by atoms with E-state index in [-0.39, 0.29) is 16.8 Å². The fourth-order valence-corrected chi connectivity index (χ4v) is 4.74. The standard InChI is InChI=1S/C17H18N4O2S/c22-16(15-8-19-5-6-20-15)21-11-17(12-21)7-14(10-24-17)23-9-13-1-3-18-4-2-13/h1-6,8,14H,7,9-12H2/t14-/m0/s1. The first-order valence-electron chi connectivity index (χ1n) is 7.94. The highest BCUT2D eigenvalue weighted by atomic mass is 32.2. The molecule has 0 bridgehead atoms. The van der Waals surface area contributed by atoms with E-state index in [4.69, 9.17) is 4.74 Å². The maximum atomic E-state index is 12.3. The summed E-state index contributed by atoms with van der Waals surface area (Å²) in [7, 11) is 0. The van der Waals surface area contributed by atoms with Crippen molar-refractivity contribution in [2.45, 2.75) is 23.9 Å². The number of likely N-dealkylation sites (tertiary alicyclic amines) is 1. The number of pyridine rings is 1. The maximum Gasteiger partial charge on any atom is 0.274 e. The molecule has 2 aromatic heterocycles. The maximum absolute atomic E-state index is 12.3. The second kappa shape index (κ2) is 6.49. The summed E-state index contributed by atoms with van der Waals surface area (Å²) in [6.45, 7) is 2.15. The zero-order valence-electron chi connectivity index (χ0n) is 13.2. The number of thioether (sulfide) groups is 1. The van der Waals surface area contributed by atoms with E-state index in [0.717, 1.165) is 30.8 Å². The highest BCUT2D eigenvalue weighted by molar-refractivity contribution is 8.01. The lowest BCUT2D eigenvalue weighted by Crippen LogP contribution is -2.60. The van der Waals surface area contributed by atoms with Gasteiger partial charge in [-0.2, -0.15) is 0 Å². The van der Waals surface area contributed by atoms with Gasteiger partial charge in [0.1, 0.15) is 5.69 Å². The number of carbonyl (C=O) groups excluding carboxylic acids is 1. The van der Waals surface area contributed by atoms with Crippen molar-refractivity contribution in [3.8, 4) is 0 Å². The molecule has 2 saturated heterocycles. The fraction of sp³-hybridized carbons (Fsp3) is 0.412. The average Bonchev–Trinajstić information content (AvgIpc) is 3.04. The van der Waals surface area contributed by atoms with Gasteiger partial charge in [0.05, 0.1) is 23.7 Å². The summed E-state index contributed by atoms with van der Waals surface area (Å²) in [6, 6.07) is 3.95. The Morgan fingerprint density at radius 1 is 1.25 bits per heavy atom. The molecule has 124 valence electrons. The van der Waals surface area contributed by atoms with Crippen LogP contribution in [0.25, 0.3) is 0 Å². The third-order valence-corrected chi connectivity index (χ3v) is 6.01. The first-order chi connectivity index (χ1) is 11.7. The first-order valence-corrected chi connectivity index (χ1v) is 8.92. The van der Waals surface area contributed by atoms with Gasteiger partial charge in [-0.15, -0.1) is 11.8 Å². The number of hydrogen-bond donors (Lipinski definition) is 0. The average molecular weight is 342 g/mol. The van der Waals surface area contributed by atoms with Gasteiger partial charge in [0.15, 0.2) is 0 Å². The van der Waals surface area contributed by atoms with E-state index in [1.165, 1.54) is 6.20 Å². The van der Waals surface area contributed by atoms with E-state index >= 15 is 0 Å². The third kappa shape index (κ3) is 3.14. The molecule has 4 heterocycles. The number of rotatable bonds is 4. The van der Waals surface area contributed by atoms with Gasteiger partial charge in [0.25, 0.3) is 5.91 Å². The molecule has 0 saturated carbocycles. The van der Waals surface area contributed by atoms with Crippen molar-refractivity contribution in [2.24, 2.45) is 0 Å². The highest BCUT2D eigenvalue weighted by Crippen LogP contribution is 2.46. The van der Waals surface area contributed by atoms with Crippen LogP contribution in [0.2, 0.25) is 0 Å². The molecule has 24 heavy (non-hydrogen) atoms. The number of nitrogens with zero attached hydrogens (tertiary/aromatic N) is 4.